The van der Waals surface area contributed by atoms with Crippen molar-refractivity contribution in [1.82, 2.24) is 24.9 Å². The first-order chi connectivity index (χ1) is 15.1. The van der Waals surface area contributed by atoms with Crippen LogP contribution < -0.4 is 4.74 Å². The molecule has 2 aromatic heterocycles. The number of aromatic nitrogens is 3. The number of amides is 2. The summed E-state index contributed by atoms with van der Waals surface area (Å²) in [6, 6.07) is 12.1. The van der Waals surface area contributed by atoms with Crippen molar-refractivity contribution >= 4 is 11.8 Å². The van der Waals surface area contributed by atoms with Crippen LogP contribution in [0.4, 0.5) is 0 Å². The Kier molecular flexibility index (Phi) is 6.21. The lowest BCUT2D eigenvalue weighted by Gasteiger charge is -2.29. The highest BCUT2D eigenvalue weighted by Crippen LogP contribution is 2.26. The van der Waals surface area contributed by atoms with Crippen molar-refractivity contribution in [2.75, 3.05) is 26.2 Å². The lowest BCUT2D eigenvalue weighted by molar-refractivity contribution is -0.133. The molecule has 1 fully saturated rings. The first-order valence-electron chi connectivity index (χ1n) is 10.1. The fraction of sp³-hybridized carbons (Fsp3) is 0.318. The Labute approximate surface area is 179 Å². The van der Waals surface area contributed by atoms with Crippen LogP contribution in [-0.2, 0) is 4.79 Å². The standard InChI is InChI=1S/C22H23N5O4/c1-16-24-21(31-25-16)19-14-26(20(28)15-30-18-8-3-2-4-9-18)11-6-12-27(19)22(29)17-7-5-10-23-13-17/h2-5,7-10,13,19H,6,11-12,14-15H2,1H3. The van der Waals surface area contributed by atoms with E-state index < -0.39 is 6.04 Å². The molecule has 3 heterocycles. The van der Waals surface area contributed by atoms with Gasteiger partial charge in [0.1, 0.15) is 11.8 Å². The van der Waals surface area contributed by atoms with E-state index in [1.54, 1.807) is 47.2 Å². The van der Waals surface area contributed by atoms with Crippen LogP contribution in [0.5, 0.6) is 5.75 Å². The SMILES string of the molecule is Cc1noc(C2CN(C(=O)COc3ccccc3)CCCN2C(=O)c2cccnc2)n1. The minimum atomic E-state index is -0.558. The lowest BCUT2D eigenvalue weighted by Crippen LogP contribution is -2.41. The molecule has 1 unspecified atom stereocenters. The summed E-state index contributed by atoms with van der Waals surface area (Å²) in [7, 11) is 0. The van der Waals surface area contributed by atoms with Crippen molar-refractivity contribution in [3.63, 3.8) is 0 Å². The van der Waals surface area contributed by atoms with Crippen LogP contribution in [0.3, 0.4) is 0 Å². The Bertz CT molecular complexity index is 1020. The molecule has 9 heteroatoms. The van der Waals surface area contributed by atoms with Gasteiger partial charge in [0.15, 0.2) is 12.4 Å². The number of nitrogens with zero attached hydrogens (tertiary/aromatic N) is 5. The third-order valence-electron chi connectivity index (χ3n) is 5.05. The molecule has 0 radical (unpaired) electrons. The molecule has 1 aliphatic heterocycles. The van der Waals surface area contributed by atoms with Crippen LogP contribution in [0.25, 0.3) is 0 Å². The van der Waals surface area contributed by atoms with E-state index in [1.165, 1.54) is 6.20 Å². The maximum absolute atomic E-state index is 13.2. The van der Waals surface area contributed by atoms with E-state index in [1.807, 2.05) is 18.2 Å². The number of carbonyl (C=O) groups excluding carboxylic acids is 2. The van der Waals surface area contributed by atoms with Gasteiger partial charge in [-0.25, -0.2) is 0 Å². The topological polar surface area (TPSA) is 102 Å². The summed E-state index contributed by atoms with van der Waals surface area (Å²) >= 11 is 0. The summed E-state index contributed by atoms with van der Waals surface area (Å²) in [5.41, 5.74) is 0.468. The molecule has 1 atom stereocenters. The minimum Gasteiger partial charge on any atom is -0.484 e. The number of para-hydroxylation sites is 1. The number of rotatable bonds is 5. The second-order valence-corrected chi connectivity index (χ2v) is 7.23. The molecule has 0 bridgehead atoms. The number of hydrogen-bond acceptors (Lipinski definition) is 7. The van der Waals surface area contributed by atoms with Gasteiger partial charge in [-0.15, -0.1) is 0 Å². The van der Waals surface area contributed by atoms with Crippen LogP contribution in [0, 0.1) is 6.92 Å². The Morgan fingerprint density at radius 2 is 2.00 bits per heavy atom. The second kappa shape index (κ2) is 9.38. The molecule has 1 aliphatic rings. The van der Waals surface area contributed by atoms with Gasteiger partial charge in [0, 0.05) is 25.5 Å². The van der Waals surface area contributed by atoms with Gasteiger partial charge in [-0.3, -0.25) is 14.6 Å². The molecule has 0 N–H and O–H groups in total. The molecule has 0 aliphatic carbocycles. The van der Waals surface area contributed by atoms with Crippen molar-refractivity contribution in [3.8, 4) is 5.75 Å². The van der Waals surface area contributed by atoms with Crippen molar-refractivity contribution in [2.45, 2.75) is 19.4 Å². The zero-order valence-electron chi connectivity index (χ0n) is 17.2. The fourth-order valence-corrected chi connectivity index (χ4v) is 3.52. The summed E-state index contributed by atoms with van der Waals surface area (Å²) < 4.78 is 11.0. The predicted octanol–water partition coefficient (Wildman–Crippen LogP) is 2.27. The van der Waals surface area contributed by atoms with Gasteiger partial charge in [0.25, 0.3) is 17.7 Å². The Morgan fingerprint density at radius 3 is 2.71 bits per heavy atom. The molecule has 1 saturated heterocycles. The van der Waals surface area contributed by atoms with Crippen LogP contribution in [0.1, 0.15) is 34.5 Å². The van der Waals surface area contributed by atoms with Crippen molar-refractivity contribution < 1.29 is 18.8 Å². The summed E-state index contributed by atoms with van der Waals surface area (Å²) in [5.74, 6) is 1.05. The first kappa shape index (κ1) is 20.5. The zero-order valence-corrected chi connectivity index (χ0v) is 17.2. The fourth-order valence-electron chi connectivity index (χ4n) is 3.52. The highest BCUT2D eigenvalue weighted by atomic mass is 16.5. The summed E-state index contributed by atoms with van der Waals surface area (Å²) in [5, 5.41) is 3.87. The smallest absolute Gasteiger partial charge is 0.260 e. The van der Waals surface area contributed by atoms with Gasteiger partial charge >= 0.3 is 0 Å². The molecule has 31 heavy (non-hydrogen) atoms. The quantitative estimate of drug-likeness (QED) is 0.623. The van der Waals surface area contributed by atoms with Gasteiger partial charge in [-0.1, -0.05) is 23.4 Å². The van der Waals surface area contributed by atoms with E-state index in [2.05, 4.69) is 15.1 Å². The molecule has 160 valence electrons. The van der Waals surface area contributed by atoms with Gasteiger partial charge in [-0.2, -0.15) is 4.98 Å². The number of benzene rings is 1. The summed E-state index contributed by atoms with van der Waals surface area (Å²) in [4.78, 5) is 37.8. The molecule has 9 nitrogen and oxygen atoms in total. The van der Waals surface area contributed by atoms with Gasteiger partial charge in [-0.05, 0) is 37.6 Å². The van der Waals surface area contributed by atoms with Gasteiger partial charge in [0.2, 0.25) is 0 Å². The van der Waals surface area contributed by atoms with Gasteiger partial charge in [0.05, 0.1) is 12.1 Å². The van der Waals surface area contributed by atoms with Crippen molar-refractivity contribution in [2.24, 2.45) is 0 Å². The molecular formula is C22H23N5O4. The average molecular weight is 421 g/mol. The van der Waals surface area contributed by atoms with E-state index in [4.69, 9.17) is 9.26 Å². The Morgan fingerprint density at radius 1 is 1.16 bits per heavy atom. The predicted molar refractivity (Wildman–Crippen MR) is 110 cm³/mol. The number of aryl methyl sites for hydroxylation is 1. The number of carbonyl (C=O) groups is 2. The molecule has 2 amide bonds. The maximum atomic E-state index is 13.2. The van der Waals surface area contributed by atoms with Crippen LogP contribution in [0.2, 0.25) is 0 Å². The molecule has 0 spiro atoms. The number of ether oxygens (including phenoxy) is 1. The van der Waals surface area contributed by atoms with E-state index in [0.717, 1.165) is 0 Å². The molecule has 3 aromatic rings. The van der Waals surface area contributed by atoms with E-state index in [-0.39, 0.29) is 25.0 Å². The van der Waals surface area contributed by atoms with Crippen molar-refractivity contribution in [3.05, 3.63) is 72.1 Å². The monoisotopic (exact) mass is 421 g/mol. The zero-order chi connectivity index (χ0) is 21.6. The normalized spacial score (nSPS) is 16.6. The summed E-state index contributed by atoms with van der Waals surface area (Å²) in [6.45, 7) is 2.81. The number of hydrogen-bond donors (Lipinski definition) is 0. The highest BCUT2D eigenvalue weighted by molar-refractivity contribution is 5.94. The van der Waals surface area contributed by atoms with E-state index >= 15 is 0 Å². The third-order valence-corrected chi connectivity index (χ3v) is 5.05. The second-order valence-electron chi connectivity index (χ2n) is 7.23. The van der Waals surface area contributed by atoms with Crippen molar-refractivity contribution in [1.29, 1.82) is 0 Å². The maximum Gasteiger partial charge on any atom is 0.260 e. The average Bonchev–Trinajstić information content (AvgIpc) is 3.12. The Hall–Kier alpha value is -3.75. The lowest BCUT2D eigenvalue weighted by atomic mass is 10.1. The van der Waals surface area contributed by atoms with Crippen LogP contribution in [-0.4, -0.2) is 63.0 Å². The molecule has 1 aromatic carbocycles. The molecular weight excluding hydrogens is 398 g/mol. The van der Waals surface area contributed by atoms with Crippen LogP contribution >= 0.6 is 0 Å². The highest BCUT2D eigenvalue weighted by Gasteiger charge is 2.35. The molecule has 0 saturated carbocycles. The van der Waals surface area contributed by atoms with E-state index in [0.29, 0.717) is 42.5 Å². The number of pyridine rings is 1. The summed E-state index contributed by atoms with van der Waals surface area (Å²) in [6.07, 6.45) is 3.76. The largest absolute Gasteiger partial charge is 0.484 e. The Balaban J connectivity index is 1.53. The minimum absolute atomic E-state index is 0.0872. The molecule has 4 rings (SSSR count). The van der Waals surface area contributed by atoms with Crippen LogP contribution in [0.15, 0.2) is 59.4 Å². The first-order valence-corrected chi connectivity index (χ1v) is 10.1. The van der Waals surface area contributed by atoms with Gasteiger partial charge < -0.3 is 19.1 Å². The van der Waals surface area contributed by atoms with E-state index in [9.17, 15) is 9.59 Å². The third kappa shape index (κ3) is 4.88.